The van der Waals surface area contributed by atoms with E-state index in [2.05, 4.69) is 26.4 Å². The highest BCUT2D eigenvalue weighted by molar-refractivity contribution is 5.93. The molecule has 0 saturated carbocycles. The van der Waals surface area contributed by atoms with Crippen LogP contribution in [0.25, 0.3) is 16.4 Å². The number of aryl methyl sites for hydroxylation is 2. The number of fused-ring (bicyclic) bond motifs is 3. The van der Waals surface area contributed by atoms with E-state index in [0.29, 0.717) is 24.8 Å². The minimum absolute atomic E-state index is 0.00733. The lowest BCUT2D eigenvalue weighted by Gasteiger charge is -2.21. The van der Waals surface area contributed by atoms with Gasteiger partial charge in [-0.15, -0.1) is 0 Å². The van der Waals surface area contributed by atoms with Crippen LogP contribution in [0, 0.1) is 11.8 Å². The van der Waals surface area contributed by atoms with Crippen molar-refractivity contribution in [2.45, 2.75) is 25.8 Å². The van der Waals surface area contributed by atoms with Gasteiger partial charge in [-0.3, -0.25) is 4.79 Å². The Morgan fingerprint density at radius 2 is 2.03 bits per heavy atom. The van der Waals surface area contributed by atoms with Crippen molar-refractivity contribution in [3.05, 3.63) is 71.0 Å². The van der Waals surface area contributed by atoms with Gasteiger partial charge in [0, 0.05) is 37.3 Å². The van der Waals surface area contributed by atoms with Crippen LogP contribution < -0.4 is 15.8 Å². The Morgan fingerprint density at radius 1 is 1.09 bits per heavy atom. The highest BCUT2D eigenvalue weighted by Gasteiger charge is 2.34. The second-order valence-corrected chi connectivity index (χ2v) is 9.13. The van der Waals surface area contributed by atoms with Gasteiger partial charge in [0.05, 0.1) is 29.5 Å². The van der Waals surface area contributed by atoms with Crippen molar-refractivity contribution in [3.63, 3.8) is 0 Å². The summed E-state index contributed by atoms with van der Waals surface area (Å²) in [6.45, 7) is 4.77. The fourth-order valence-electron chi connectivity index (χ4n) is 5.43. The number of benzene rings is 1. The predicted molar refractivity (Wildman–Crippen MR) is 126 cm³/mol. The number of rotatable bonds is 4. The van der Waals surface area contributed by atoms with Crippen LogP contribution in [0.1, 0.15) is 18.5 Å². The van der Waals surface area contributed by atoms with E-state index in [1.807, 2.05) is 53.3 Å². The van der Waals surface area contributed by atoms with Gasteiger partial charge in [0.25, 0.3) is 5.56 Å². The maximum absolute atomic E-state index is 13.5. The SMILES string of the molecule is O=c1c2c(N3C[C@@H]4CCCNC[C@H]4C3)cccc2cnn1CCc1cn2ccccc2n1. The molecule has 7 heteroatoms. The first-order valence-corrected chi connectivity index (χ1v) is 11.6. The van der Waals surface area contributed by atoms with Gasteiger partial charge in [-0.2, -0.15) is 5.10 Å². The molecule has 0 unspecified atom stereocenters. The molecule has 1 N–H and O–H groups in total. The molecule has 7 nitrogen and oxygen atoms in total. The summed E-state index contributed by atoms with van der Waals surface area (Å²) in [7, 11) is 0. The van der Waals surface area contributed by atoms with Crippen molar-refractivity contribution in [2.75, 3.05) is 31.1 Å². The molecule has 1 aromatic carbocycles. The van der Waals surface area contributed by atoms with E-state index in [9.17, 15) is 4.79 Å². The molecule has 2 saturated heterocycles. The largest absolute Gasteiger partial charge is 0.370 e. The van der Waals surface area contributed by atoms with Gasteiger partial charge in [0.15, 0.2) is 0 Å². The van der Waals surface area contributed by atoms with Crippen LogP contribution in [0.4, 0.5) is 5.69 Å². The van der Waals surface area contributed by atoms with E-state index >= 15 is 0 Å². The summed E-state index contributed by atoms with van der Waals surface area (Å²) in [6.07, 6.45) is 9.02. The highest BCUT2D eigenvalue weighted by atomic mass is 16.1. The van der Waals surface area contributed by atoms with Crippen molar-refractivity contribution in [1.29, 1.82) is 0 Å². The van der Waals surface area contributed by atoms with E-state index in [4.69, 9.17) is 0 Å². The van der Waals surface area contributed by atoms with Gasteiger partial charge in [-0.25, -0.2) is 9.67 Å². The third-order valence-electron chi connectivity index (χ3n) is 7.10. The Hall–Kier alpha value is -3.19. The molecule has 2 fully saturated rings. The Kier molecular flexibility index (Phi) is 4.91. The number of nitrogens with one attached hydrogen (secondary N) is 1. The van der Waals surface area contributed by atoms with Crippen LogP contribution >= 0.6 is 0 Å². The minimum atomic E-state index is -0.00733. The number of hydrogen-bond donors (Lipinski definition) is 1. The first-order valence-electron chi connectivity index (χ1n) is 11.6. The summed E-state index contributed by atoms with van der Waals surface area (Å²) < 4.78 is 3.61. The Balaban J connectivity index is 1.30. The second-order valence-electron chi connectivity index (χ2n) is 9.13. The molecule has 32 heavy (non-hydrogen) atoms. The van der Waals surface area contributed by atoms with Crippen LogP contribution in [0.3, 0.4) is 0 Å². The van der Waals surface area contributed by atoms with Crippen LogP contribution in [0.5, 0.6) is 0 Å². The summed E-state index contributed by atoms with van der Waals surface area (Å²) in [6, 6.07) is 12.1. The average molecular weight is 429 g/mol. The summed E-state index contributed by atoms with van der Waals surface area (Å²) in [5.74, 6) is 1.37. The standard InChI is InChI=1S/C25H28N6O/c32-25-24-18(5-3-7-22(24)30-15-19-6-4-10-26-13-20(19)16-30)14-27-31(25)12-9-21-17-29-11-2-1-8-23(29)28-21/h1-3,5,7-8,11,14,17,19-20,26H,4,6,9-10,12-13,15-16H2/t19-,20-/m0/s1. The molecule has 5 heterocycles. The first-order chi connectivity index (χ1) is 15.8. The van der Waals surface area contributed by atoms with E-state index < -0.39 is 0 Å². The number of pyridine rings is 1. The minimum Gasteiger partial charge on any atom is -0.370 e. The topological polar surface area (TPSA) is 67.5 Å². The fourth-order valence-corrected chi connectivity index (χ4v) is 5.43. The lowest BCUT2D eigenvalue weighted by molar-refractivity contribution is 0.414. The van der Waals surface area contributed by atoms with Crippen LogP contribution in [-0.4, -0.2) is 45.3 Å². The number of imidazole rings is 1. The summed E-state index contributed by atoms with van der Waals surface area (Å²) in [5, 5.41) is 9.76. The Morgan fingerprint density at radius 3 is 2.97 bits per heavy atom. The van der Waals surface area contributed by atoms with Crippen LogP contribution in [-0.2, 0) is 13.0 Å². The molecule has 2 aliphatic heterocycles. The molecule has 2 atom stereocenters. The summed E-state index contributed by atoms with van der Waals surface area (Å²) in [5.41, 5.74) is 2.94. The highest BCUT2D eigenvalue weighted by Crippen LogP contribution is 2.34. The molecule has 0 spiro atoms. The van der Waals surface area contributed by atoms with Gasteiger partial charge in [0.1, 0.15) is 5.65 Å². The smallest absolute Gasteiger partial charge is 0.276 e. The van der Waals surface area contributed by atoms with Crippen molar-refractivity contribution >= 4 is 22.1 Å². The molecular weight excluding hydrogens is 400 g/mol. The zero-order valence-electron chi connectivity index (χ0n) is 18.2. The van der Waals surface area contributed by atoms with Crippen molar-refractivity contribution in [1.82, 2.24) is 24.5 Å². The molecule has 4 aromatic rings. The van der Waals surface area contributed by atoms with Crippen LogP contribution in [0.2, 0.25) is 0 Å². The molecule has 0 aliphatic carbocycles. The molecule has 3 aromatic heterocycles. The molecule has 164 valence electrons. The third kappa shape index (κ3) is 3.46. The van der Waals surface area contributed by atoms with E-state index in [1.165, 1.54) is 12.8 Å². The predicted octanol–water partition coefficient (Wildman–Crippen LogP) is 2.72. The first kappa shape index (κ1) is 19.5. The zero-order chi connectivity index (χ0) is 21.5. The molecule has 0 bridgehead atoms. The molecule has 0 amide bonds. The van der Waals surface area contributed by atoms with E-state index in [-0.39, 0.29) is 5.56 Å². The van der Waals surface area contributed by atoms with Gasteiger partial charge in [0.2, 0.25) is 0 Å². The average Bonchev–Trinajstić information content (AvgIpc) is 3.35. The molecule has 6 rings (SSSR count). The summed E-state index contributed by atoms with van der Waals surface area (Å²) in [4.78, 5) is 20.6. The van der Waals surface area contributed by atoms with E-state index in [0.717, 1.165) is 54.0 Å². The number of hydrogen-bond acceptors (Lipinski definition) is 5. The number of anilines is 1. The fraction of sp³-hybridized carbons (Fsp3) is 0.400. The lowest BCUT2D eigenvalue weighted by Crippen LogP contribution is -2.29. The van der Waals surface area contributed by atoms with Gasteiger partial charge < -0.3 is 14.6 Å². The molecule has 0 radical (unpaired) electrons. The van der Waals surface area contributed by atoms with E-state index in [1.54, 1.807) is 4.68 Å². The normalized spacial score (nSPS) is 21.2. The zero-order valence-corrected chi connectivity index (χ0v) is 18.2. The van der Waals surface area contributed by atoms with Crippen molar-refractivity contribution in [2.24, 2.45) is 11.8 Å². The second kappa shape index (κ2) is 8.06. The van der Waals surface area contributed by atoms with Gasteiger partial charge >= 0.3 is 0 Å². The monoisotopic (exact) mass is 428 g/mol. The van der Waals surface area contributed by atoms with Crippen LogP contribution in [0.15, 0.2) is 59.8 Å². The van der Waals surface area contributed by atoms with Crippen molar-refractivity contribution in [3.8, 4) is 0 Å². The Bertz CT molecular complexity index is 1280. The third-order valence-corrected chi connectivity index (χ3v) is 7.10. The maximum atomic E-state index is 13.5. The van der Waals surface area contributed by atoms with Gasteiger partial charge in [-0.1, -0.05) is 18.2 Å². The maximum Gasteiger partial charge on any atom is 0.276 e. The lowest BCUT2D eigenvalue weighted by atomic mass is 9.93. The van der Waals surface area contributed by atoms with Gasteiger partial charge in [-0.05, 0) is 56.0 Å². The number of nitrogens with zero attached hydrogens (tertiary/aromatic N) is 5. The quantitative estimate of drug-likeness (QED) is 0.541. The number of aromatic nitrogens is 4. The van der Waals surface area contributed by atoms with Crippen molar-refractivity contribution < 1.29 is 0 Å². The molecule has 2 aliphatic rings. The molecular formula is C25H28N6O. The Labute approximate surface area is 186 Å². The summed E-state index contributed by atoms with van der Waals surface area (Å²) >= 11 is 0.